The summed E-state index contributed by atoms with van der Waals surface area (Å²) in [6.45, 7) is 0.440. The Balaban J connectivity index is 2.52. The van der Waals surface area contributed by atoms with Gasteiger partial charge in [0.2, 0.25) is 0 Å². The Hall–Kier alpha value is -0.610. The molecule has 1 heterocycles. The van der Waals surface area contributed by atoms with E-state index in [-0.39, 0.29) is 5.82 Å². The number of aliphatic hydroxyl groups is 1. The maximum atomic E-state index is 13.0. The van der Waals surface area contributed by atoms with E-state index in [1.54, 1.807) is 6.07 Å². The third kappa shape index (κ3) is 1.56. The van der Waals surface area contributed by atoms with E-state index in [9.17, 15) is 9.50 Å². The van der Waals surface area contributed by atoms with Crippen LogP contribution in [0.4, 0.5) is 4.39 Å². The van der Waals surface area contributed by atoms with Crippen LogP contribution in [0.25, 0.3) is 0 Å². The van der Waals surface area contributed by atoms with Crippen LogP contribution >= 0.6 is 15.9 Å². The van der Waals surface area contributed by atoms with Crippen molar-refractivity contribution in [1.29, 1.82) is 0 Å². The van der Waals surface area contributed by atoms with E-state index in [1.807, 2.05) is 0 Å². The lowest BCUT2D eigenvalue weighted by Crippen LogP contribution is -2.13. The van der Waals surface area contributed by atoms with E-state index < -0.39 is 6.10 Å². The molecule has 1 N–H and O–H groups in total. The van der Waals surface area contributed by atoms with E-state index in [4.69, 9.17) is 4.74 Å². The summed E-state index contributed by atoms with van der Waals surface area (Å²) < 4.78 is 18.6. The van der Waals surface area contributed by atoms with Gasteiger partial charge in [-0.05, 0) is 22.0 Å². The lowest BCUT2D eigenvalue weighted by molar-refractivity contribution is 0.115. The zero-order valence-electron chi connectivity index (χ0n) is 6.76. The first kappa shape index (κ1) is 8.97. The van der Waals surface area contributed by atoms with Crippen LogP contribution < -0.4 is 4.74 Å². The minimum Gasteiger partial charge on any atom is -0.493 e. The van der Waals surface area contributed by atoms with Crippen LogP contribution in [-0.4, -0.2) is 11.7 Å². The van der Waals surface area contributed by atoms with Crippen molar-refractivity contribution in [1.82, 2.24) is 0 Å². The van der Waals surface area contributed by atoms with E-state index >= 15 is 0 Å². The lowest BCUT2D eigenvalue weighted by atomic mass is 10.0. The number of hydrogen-bond acceptors (Lipinski definition) is 2. The molecule has 1 aliphatic rings. The van der Waals surface area contributed by atoms with Crippen molar-refractivity contribution in [3.8, 4) is 5.75 Å². The van der Waals surface area contributed by atoms with Crippen LogP contribution in [-0.2, 0) is 0 Å². The molecule has 0 aromatic heterocycles. The molecule has 0 saturated heterocycles. The Morgan fingerprint density at radius 2 is 2.31 bits per heavy atom. The van der Waals surface area contributed by atoms with Crippen molar-refractivity contribution in [3.63, 3.8) is 0 Å². The van der Waals surface area contributed by atoms with Gasteiger partial charge in [0, 0.05) is 18.1 Å². The first-order chi connectivity index (χ1) is 6.18. The molecule has 1 aliphatic heterocycles. The Labute approximate surface area is 83.5 Å². The molecule has 1 aromatic rings. The molecule has 70 valence electrons. The van der Waals surface area contributed by atoms with E-state index in [0.29, 0.717) is 28.8 Å². The van der Waals surface area contributed by atoms with Gasteiger partial charge < -0.3 is 9.84 Å². The van der Waals surface area contributed by atoms with Gasteiger partial charge in [0.25, 0.3) is 0 Å². The topological polar surface area (TPSA) is 29.5 Å². The molecule has 0 unspecified atom stereocenters. The normalized spacial score (nSPS) is 20.7. The van der Waals surface area contributed by atoms with Gasteiger partial charge in [0.1, 0.15) is 11.6 Å². The van der Waals surface area contributed by atoms with Crippen molar-refractivity contribution < 1.29 is 14.2 Å². The van der Waals surface area contributed by atoms with Crippen LogP contribution in [0.15, 0.2) is 16.6 Å². The lowest BCUT2D eigenvalue weighted by Gasteiger charge is -2.22. The van der Waals surface area contributed by atoms with Crippen molar-refractivity contribution >= 4 is 15.9 Å². The number of halogens is 2. The summed E-state index contributed by atoms with van der Waals surface area (Å²) in [7, 11) is 0. The molecule has 0 fully saturated rings. The summed E-state index contributed by atoms with van der Waals surface area (Å²) in [6, 6.07) is 2.86. The zero-order valence-corrected chi connectivity index (χ0v) is 8.34. The number of ether oxygens (including phenoxy) is 1. The Morgan fingerprint density at radius 1 is 1.54 bits per heavy atom. The van der Waals surface area contributed by atoms with Crippen LogP contribution in [0.5, 0.6) is 5.75 Å². The van der Waals surface area contributed by atoms with Crippen molar-refractivity contribution in [3.05, 3.63) is 28.0 Å². The molecule has 2 rings (SSSR count). The SMILES string of the molecule is O[C@@H]1CCOc2cc(F)c(Br)cc21. The molecule has 1 atom stereocenters. The minimum atomic E-state index is -0.541. The fourth-order valence-electron chi connectivity index (χ4n) is 1.37. The van der Waals surface area contributed by atoms with E-state index in [0.717, 1.165) is 0 Å². The predicted molar refractivity (Wildman–Crippen MR) is 49.2 cm³/mol. The molecule has 1 aromatic carbocycles. The summed E-state index contributed by atoms with van der Waals surface area (Å²) in [6.07, 6.45) is 0.0195. The highest BCUT2D eigenvalue weighted by atomic mass is 79.9. The third-order valence-corrected chi connectivity index (χ3v) is 2.67. The van der Waals surface area contributed by atoms with Gasteiger partial charge in [0.15, 0.2) is 0 Å². The predicted octanol–water partition coefficient (Wildman–Crippen LogP) is 2.40. The molecule has 4 heteroatoms. The summed E-state index contributed by atoms with van der Waals surface area (Å²) in [5, 5.41) is 9.55. The summed E-state index contributed by atoms with van der Waals surface area (Å²) in [4.78, 5) is 0. The average molecular weight is 247 g/mol. The van der Waals surface area contributed by atoms with Crippen molar-refractivity contribution in [2.45, 2.75) is 12.5 Å². The van der Waals surface area contributed by atoms with Gasteiger partial charge in [-0.3, -0.25) is 0 Å². The molecule has 0 spiro atoms. The fourth-order valence-corrected chi connectivity index (χ4v) is 1.73. The first-order valence-corrected chi connectivity index (χ1v) is 4.77. The molecule has 0 amide bonds. The average Bonchev–Trinajstić information content (AvgIpc) is 2.09. The highest BCUT2D eigenvalue weighted by Crippen LogP contribution is 2.35. The highest BCUT2D eigenvalue weighted by molar-refractivity contribution is 9.10. The van der Waals surface area contributed by atoms with E-state index in [2.05, 4.69) is 15.9 Å². The summed E-state index contributed by atoms with van der Waals surface area (Å²) in [5.74, 6) is 0.0762. The maximum Gasteiger partial charge on any atom is 0.141 e. The Bertz CT molecular complexity index is 341. The van der Waals surface area contributed by atoms with Crippen LogP contribution in [0.2, 0.25) is 0 Å². The molecular formula is C9H8BrFO2. The highest BCUT2D eigenvalue weighted by Gasteiger charge is 2.20. The Kier molecular flexibility index (Phi) is 2.26. The van der Waals surface area contributed by atoms with Crippen molar-refractivity contribution in [2.75, 3.05) is 6.61 Å². The summed E-state index contributed by atoms with van der Waals surface area (Å²) >= 11 is 3.06. The Morgan fingerprint density at radius 3 is 3.08 bits per heavy atom. The number of fused-ring (bicyclic) bond motifs is 1. The molecule has 13 heavy (non-hydrogen) atoms. The fraction of sp³-hybridized carbons (Fsp3) is 0.333. The molecule has 0 aliphatic carbocycles. The molecule has 0 bridgehead atoms. The number of aliphatic hydroxyl groups excluding tert-OH is 1. The second kappa shape index (κ2) is 3.27. The molecule has 0 radical (unpaired) electrons. The minimum absolute atomic E-state index is 0.357. The molecule has 0 saturated carbocycles. The maximum absolute atomic E-state index is 13.0. The van der Waals surface area contributed by atoms with Gasteiger partial charge in [-0.15, -0.1) is 0 Å². The smallest absolute Gasteiger partial charge is 0.141 e. The molecular weight excluding hydrogens is 239 g/mol. The second-order valence-corrected chi connectivity index (χ2v) is 3.81. The second-order valence-electron chi connectivity index (χ2n) is 2.96. The van der Waals surface area contributed by atoms with Gasteiger partial charge >= 0.3 is 0 Å². The number of hydrogen-bond donors (Lipinski definition) is 1. The summed E-state index contributed by atoms with van der Waals surface area (Å²) in [5.41, 5.74) is 0.652. The zero-order chi connectivity index (χ0) is 9.42. The number of rotatable bonds is 0. The third-order valence-electron chi connectivity index (χ3n) is 2.06. The van der Waals surface area contributed by atoms with Gasteiger partial charge in [-0.2, -0.15) is 0 Å². The largest absolute Gasteiger partial charge is 0.493 e. The van der Waals surface area contributed by atoms with Crippen molar-refractivity contribution in [2.24, 2.45) is 0 Å². The monoisotopic (exact) mass is 246 g/mol. The van der Waals surface area contributed by atoms with Gasteiger partial charge in [0.05, 0.1) is 17.2 Å². The van der Waals surface area contributed by atoms with Gasteiger partial charge in [-0.1, -0.05) is 0 Å². The standard InChI is InChI=1S/C9H8BrFO2/c10-6-3-5-8(12)1-2-13-9(5)4-7(6)11/h3-4,8,12H,1-2H2/t8-/m1/s1. The van der Waals surface area contributed by atoms with Gasteiger partial charge in [-0.25, -0.2) is 4.39 Å². The van der Waals surface area contributed by atoms with Crippen LogP contribution in [0.3, 0.4) is 0 Å². The first-order valence-electron chi connectivity index (χ1n) is 3.98. The molecule has 2 nitrogen and oxygen atoms in total. The quantitative estimate of drug-likeness (QED) is 0.762. The van der Waals surface area contributed by atoms with Crippen LogP contribution in [0, 0.1) is 5.82 Å². The number of benzene rings is 1. The van der Waals surface area contributed by atoms with E-state index in [1.165, 1.54) is 6.07 Å². The van der Waals surface area contributed by atoms with Crippen LogP contribution in [0.1, 0.15) is 18.1 Å².